The summed E-state index contributed by atoms with van der Waals surface area (Å²) in [5.74, 6) is 1.07. The van der Waals surface area contributed by atoms with Gasteiger partial charge >= 0.3 is 0 Å². The Morgan fingerprint density at radius 2 is 2.15 bits per heavy atom. The first kappa shape index (κ1) is 11.6. The minimum absolute atomic E-state index is 0.213. The lowest BCUT2D eigenvalue weighted by atomic mass is 10.1. The summed E-state index contributed by atoms with van der Waals surface area (Å²) < 4.78 is 4.72. The monoisotopic (exact) mass is 269 g/mol. The molecule has 1 aromatic carbocycles. The van der Waals surface area contributed by atoms with Crippen molar-refractivity contribution < 1.29 is 9.32 Å². The van der Waals surface area contributed by atoms with E-state index in [1.54, 1.807) is 0 Å². The van der Waals surface area contributed by atoms with E-state index in [-0.39, 0.29) is 11.8 Å². The van der Waals surface area contributed by atoms with Gasteiger partial charge in [0.25, 0.3) is 0 Å². The Kier molecular flexibility index (Phi) is 2.42. The molecule has 1 heterocycles. The van der Waals surface area contributed by atoms with E-state index in [4.69, 9.17) is 4.52 Å². The largest absolute Gasteiger partial charge is 0.352 e. The predicted octanol–water partition coefficient (Wildman–Crippen LogP) is 2.15. The summed E-state index contributed by atoms with van der Waals surface area (Å²) in [4.78, 5) is 15.9. The fourth-order valence-electron chi connectivity index (χ4n) is 2.81. The zero-order chi connectivity index (χ0) is 13.6. The highest BCUT2D eigenvalue weighted by Crippen LogP contribution is 2.70. The van der Waals surface area contributed by atoms with Crippen LogP contribution in [0.4, 0.5) is 0 Å². The number of amides is 1. The molecular weight excluding hydrogens is 254 g/mol. The SMILES string of the molecule is O=C(NCc1ccc(-c2ncon2)cc1)[C@H]1CC12CC2. The van der Waals surface area contributed by atoms with Crippen molar-refractivity contribution in [2.75, 3.05) is 0 Å². The highest BCUT2D eigenvalue weighted by Gasteiger charge is 2.65. The highest BCUT2D eigenvalue weighted by molar-refractivity contribution is 5.83. The molecule has 0 unspecified atom stereocenters. The number of rotatable bonds is 4. The molecule has 1 amide bonds. The van der Waals surface area contributed by atoms with Crippen molar-refractivity contribution >= 4 is 5.91 Å². The van der Waals surface area contributed by atoms with Gasteiger partial charge in [-0.2, -0.15) is 4.98 Å². The normalized spacial score (nSPS) is 21.7. The number of nitrogens with zero attached hydrogens (tertiary/aromatic N) is 2. The Balaban J connectivity index is 1.36. The van der Waals surface area contributed by atoms with Gasteiger partial charge in [0, 0.05) is 18.0 Å². The van der Waals surface area contributed by atoms with E-state index >= 15 is 0 Å². The van der Waals surface area contributed by atoms with Crippen molar-refractivity contribution in [3.63, 3.8) is 0 Å². The second-order valence-electron chi connectivity index (χ2n) is 5.79. The van der Waals surface area contributed by atoms with Crippen molar-refractivity contribution in [1.82, 2.24) is 15.5 Å². The van der Waals surface area contributed by atoms with Crippen LogP contribution < -0.4 is 5.32 Å². The molecule has 1 aromatic heterocycles. The fourth-order valence-corrected chi connectivity index (χ4v) is 2.81. The minimum atomic E-state index is 0.213. The van der Waals surface area contributed by atoms with Crippen LogP contribution in [0.25, 0.3) is 11.4 Å². The molecule has 0 bridgehead atoms. The number of hydrogen-bond donors (Lipinski definition) is 1. The van der Waals surface area contributed by atoms with E-state index in [1.165, 1.54) is 19.2 Å². The van der Waals surface area contributed by atoms with E-state index in [0.717, 1.165) is 17.5 Å². The predicted molar refractivity (Wildman–Crippen MR) is 71.4 cm³/mol. The van der Waals surface area contributed by atoms with Crippen molar-refractivity contribution in [3.8, 4) is 11.4 Å². The number of hydrogen-bond acceptors (Lipinski definition) is 4. The smallest absolute Gasteiger partial charge is 0.223 e. The lowest BCUT2D eigenvalue weighted by Gasteiger charge is -2.05. The zero-order valence-corrected chi connectivity index (χ0v) is 11.0. The van der Waals surface area contributed by atoms with E-state index in [2.05, 4.69) is 15.5 Å². The van der Waals surface area contributed by atoms with Crippen LogP contribution in [0.2, 0.25) is 0 Å². The van der Waals surface area contributed by atoms with Crippen LogP contribution in [0.3, 0.4) is 0 Å². The van der Waals surface area contributed by atoms with Gasteiger partial charge in [-0.25, -0.2) is 0 Å². The molecule has 1 atom stereocenters. The Hall–Kier alpha value is -2.17. The van der Waals surface area contributed by atoms with Crippen molar-refractivity contribution in [2.45, 2.75) is 25.8 Å². The number of benzene rings is 1. The third kappa shape index (κ3) is 1.99. The average Bonchev–Trinajstić information content (AvgIpc) is 3.35. The first-order valence-electron chi connectivity index (χ1n) is 6.90. The molecule has 4 rings (SSSR count). The lowest BCUT2D eigenvalue weighted by Crippen LogP contribution is -2.25. The van der Waals surface area contributed by atoms with Gasteiger partial charge in [0.1, 0.15) is 0 Å². The number of nitrogens with one attached hydrogen (secondary N) is 1. The maximum Gasteiger partial charge on any atom is 0.223 e. The number of carbonyl (C=O) groups is 1. The topological polar surface area (TPSA) is 68.0 Å². The Labute approximate surface area is 116 Å². The van der Waals surface area contributed by atoms with Gasteiger partial charge in [-0.3, -0.25) is 4.79 Å². The van der Waals surface area contributed by atoms with E-state index in [1.807, 2.05) is 24.3 Å². The summed E-state index contributed by atoms with van der Waals surface area (Å²) >= 11 is 0. The molecule has 2 aliphatic carbocycles. The lowest BCUT2D eigenvalue weighted by molar-refractivity contribution is -0.122. The van der Waals surface area contributed by atoms with Gasteiger partial charge < -0.3 is 9.84 Å². The van der Waals surface area contributed by atoms with Crippen LogP contribution in [-0.4, -0.2) is 16.0 Å². The quantitative estimate of drug-likeness (QED) is 0.923. The summed E-state index contributed by atoms with van der Waals surface area (Å²) in [5, 5.41) is 6.81. The maximum atomic E-state index is 11.9. The van der Waals surface area contributed by atoms with Crippen molar-refractivity contribution in [1.29, 1.82) is 0 Å². The van der Waals surface area contributed by atoms with Gasteiger partial charge in [-0.05, 0) is 30.2 Å². The van der Waals surface area contributed by atoms with Crippen LogP contribution in [0.5, 0.6) is 0 Å². The molecule has 102 valence electrons. The number of carbonyl (C=O) groups excluding carboxylic acids is 1. The minimum Gasteiger partial charge on any atom is -0.352 e. The van der Waals surface area contributed by atoms with Gasteiger partial charge in [-0.1, -0.05) is 29.4 Å². The summed E-state index contributed by atoms with van der Waals surface area (Å²) in [6.07, 6.45) is 4.89. The van der Waals surface area contributed by atoms with Crippen LogP contribution in [0.15, 0.2) is 35.2 Å². The Morgan fingerprint density at radius 3 is 2.75 bits per heavy atom. The van der Waals surface area contributed by atoms with Gasteiger partial charge in [0.2, 0.25) is 18.1 Å². The molecule has 20 heavy (non-hydrogen) atoms. The molecule has 0 aliphatic heterocycles. The third-order valence-corrected chi connectivity index (χ3v) is 4.44. The first-order valence-corrected chi connectivity index (χ1v) is 6.90. The van der Waals surface area contributed by atoms with Crippen molar-refractivity contribution in [2.24, 2.45) is 11.3 Å². The van der Waals surface area contributed by atoms with Gasteiger partial charge in [-0.15, -0.1) is 0 Å². The molecule has 2 aliphatic rings. The molecule has 5 heteroatoms. The maximum absolute atomic E-state index is 11.9. The summed E-state index contributed by atoms with van der Waals surface area (Å²) in [6.45, 7) is 0.581. The number of aromatic nitrogens is 2. The molecular formula is C15H15N3O2. The van der Waals surface area contributed by atoms with Crippen LogP contribution in [-0.2, 0) is 11.3 Å². The molecule has 0 saturated heterocycles. The first-order chi connectivity index (χ1) is 9.77. The fraction of sp³-hybridized carbons (Fsp3) is 0.400. The van der Waals surface area contributed by atoms with E-state index in [9.17, 15) is 4.79 Å². The zero-order valence-electron chi connectivity index (χ0n) is 11.0. The average molecular weight is 269 g/mol. The third-order valence-electron chi connectivity index (χ3n) is 4.44. The molecule has 2 fully saturated rings. The van der Waals surface area contributed by atoms with Crippen LogP contribution in [0, 0.1) is 11.3 Å². The summed E-state index contributed by atoms with van der Waals surface area (Å²) in [7, 11) is 0. The highest BCUT2D eigenvalue weighted by atomic mass is 16.5. The standard InChI is InChI=1S/C15H15N3O2/c19-14(12-7-15(12)5-6-15)16-8-10-1-3-11(4-2-10)13-17-9-20-18-13/h1-4,9,12H,5-8H2,(H,16,19)/t12-/m1/s1. The summed E-state index contributed by atoms with van der Waals surface area (Å²) in [5.41, 5.74) is 2.41. The molecule has 5 nitrogen and oxygen atoms in total. The van der Waals surface area contributed by atoms with Gasteiger partial charge in [0.05, 0.1) is 0 Å². The molecule has 2 aromatic rings. The molecule has 1 spiro atoms. The van der Waals surface area contributed by atoms with E-state index in [0.29, 0.717) is 17.8 Å². The van der Waals surface area contributed by atoms with Gasteiger partial charge in [0.15, 0.2) is 0 Å². The Bertz CT molecular complexity index is 630. The van der Waals surface area contributed by atoms with Crippen LogP contribution in [0.1, 0.15) is 24.8 Å². The second kappa shape index (κ2) is 4.16. The molecule has 2 saturated carbocycles. The van der Waals surface area contributed by atoms with Crippen molar-refractivity contribution in [3.05, 3.63) is 36.2 Å². The summed E-state index contributed by atoms with van der Waals surface area (Å²) in [6, 6.07) is 7.83. The molecule has 0 radical (unpaired) electrons. The van der Waals surface area contributed by atoms with Crippen LogP contribution >= 0.6 is 0 Å². The van der Waals surface area contributed by atoms with E-state index < -0.39 is 0 Å². The molecule has 1 N–H and O–H groups in total. The second-order valence-corrected chi connectivity index (χ2v) is 5.79. The Morgan fingerprint density at radius 1 is 1.35 bits per heavy atom.